The standard InChI is InChI=1S/C26H32N2O4/c1-18-23(28-25(31-18)20-8-6-5-7-9-20)14-15-30-22-12-10-19(21(16-22)17-27)11-13-24(29)32-26(2,3)4/h5-10,12,16H,11,13-15,17,27H2,1-4H3. The SMILES string of the molecule is Cc1oc(-c2ccccc2)nc1CCOc1ccc(CCC(=O)OC(C)(C)C)c(CN)c1. The summed E-state index contributed by atoms with van der Waals surface area (Å²) in [6, 6.07) is 15.7. The molecule has 0 saturated carbocycles. The van der Waals surface area contributed by atoms with Gasteiger partial charge in [0, 0.05) is 24.9 Å². The number of carbonyl (C=O) groups excluding carboxylic acids is 1. The quantitative estimate of drug-likeness (QED) is 0.475. The summed E-state index contributed by atoms with van der Waals surface area (Å²) < 4.78 is 17.1. The summed E-state index contributed by atoms with van der Waals surface area (Å²) >= 11 is 0. The summed E-state index contributed by atoms with van der Waals surface area (Å²) in [7, 11) is 0. The van der Waals surface area contributed by atoms with Gasteiger partial charge in [0.15, 0.2) is 0 Å². The van der Waals surface area contributed by atoms with Gasteiger partial charge in [0.25, 0.3) is 0 Å². The van der Waals surface area contributed by atoms with E-state index in [1.807, 2.05) is 76.2 Å². The van der Waals surface area contributed by atoms with E-state index in [0.717, 1.165) is 33.9 Å². The van der Waals surface area contributed by atoms with Gasteiger partial charge in [-0.25, -0.2) is 4.98 Å². The average Bonchev–Trinajstić information content (AvgIpc) is 3.12. The third kappa shape index (κ3) is 6.69. The summed E-state index contributed by atoms with van der Waals surface area (Å²) in [4.78, 5) is 16.6. The number of aromatic nitrogens is 1. The van der Waals surface area contributed by atoms with Gasteiger partial charge in [-0.3, -0.25) is 4.79 Å². The molecule has 0 bridgehead atoms. The van der Waals surface area contributed by atoms with E-state index in [2.05, 4.69) is 4.98 Å². The number of hydrogen-bond acceptors (Lipinski definition) is 6. The van der Waals surface area contributed by atoms with Crippen LogP contribution in [0.2, 0.25) is 0 Å². The number of carbonyl (C=O) groups is 1. The van der Waals surface area contributed by atoms with Crippen molar-refractivity contribution in [3.63, 3.8) is 0 Å². The van der Waals surface area contributed by atoms with Crippen molar-refractivity contribution in [1.29, 1.82) is 0 Å². The first-order valence-corrected chi connectivity index (χ1v) is 10.9. The average molecular weight is 437 g/mol. The van der Waals surface area contributed by atoms with E-state index in [-0.39, 0.29) is 5.97 Å². The van der Waals surface area contributed by atoms with Crippen molar-refractivity contribution in [2.45, 2.75) is 59.1 Å². The highest BCUT2D eigenvalue weighted by Gasteiger charge is 2.17. The molecule has 170 valence electrons. The Morgan fingerprint density at radius 3 is 2.50 bits per heavy atom. The molecule has 0 aliphatic heterocycles. The van der Waals surface area contributed by atoms with E-state index in [0.29, 0.717) is 38.3 Å². The highest BCUT2D eigenvalue weighted by molar-refractivity contribution is 5.70. The van der Waals surface area contributed by atoms with Crippen molar-refractivity contribution >= 4 is 5.97 Å². The predicted octanol–water partition coefficient (Wildman–Crippen LogP) is 5.00. The van der Waals surface area contributed by atoms with Gasteiger partial charge in [-0.15, -0.1) is 0 Å². The first kappa shape index (κ1) is 23.5. The molecule has 0 radical (unpaired) electrons. The normalized spacial score (nSPS) is 11.4. The zero-order valence-corrected chi connectivity index (χ0v) is 19.3. The van der Waals surface area contributed by atoms with Gasteiger partial charge in [0.05, 0.1) is 12.3 Å². The van der Waals surface area contributed by atoms with E-state index < -0.39 is 5.60 Å². The molecular formula is C26H32N2O4. The van der Waals surface area contributed by atoms with Crippen LogP contribution in [-0.4, -0.2) is 23.2 Å². The van der Waals surface area contributed by atoms with E-state index in [9.17, 15) is 4.79 Å². The maximum atomic E-state index is 12.0. The van der Waals surface area contributed by atoms with Gasteiger partial charge in [-0.1, -0.05) is 24.3 Å². The number of nitrogens with two attached hydrogens (primary N) is 1. The molecule has 6 heteroatoms. The van der Waals surface area contributed by atoms with Crippen LogP contribution >= 0.6 is 0 Å². The number of benzene rings is 2. The van der Waals surface area contributed by atoms with Crippen molar-refractivity contribution in [3.8, 4) is 17.2 Å². The molecule has 0 amide bonds. The molecule has 1 heterocycles. The van der Waals surface area contributed by atoms with E-state index in [4.69, 9.17) is 19.6 Å². The third-order valence-electron chi connectivity index (χ3n) is 4.94. The Labute approximate surface area is 189 Å². The van der Waals surface area contributed by atoms with Crippen molar-refractivity contribution in [2.24, 2.45) is 5.73 Å². The topological polar surface area (TPSA) is 87.6 Å². The Morgan fingerprint density at radius 1 is 1.06 bits per heavy atom. The number of nitrogens with zero attached hydrogens (tertiary/aromatic N) is 1. The van der Waals surface area contributed by atoms with Gasteiger partial charge < -0.3 is 19.6 Å². The minimum Gasteiger partial charge on any atom is -0.493 e. The van der Waals surface area contributed by atoms with Crippen molar-refractivity contribution in [2.75, 3.05) is 6.61 Å². The molecule has 0 fully saturated rings. The summed E-state index contributed by atoms with van der Waals surface area (Å²) in [6.45, 7) is 8.37. The first-order valence-electron chi connectivity index (χ1n) is 10.9. The molecule has 0 aliphatic rings. The van der Waals surface area contributed by atoms with Crippen LogP contribution in [0.4, 0.5) is 0 Å². The fourth-order valence-corrected chi connectivity index (χ4v) is 3.38. The number of esters is 1. The lowest BCUT2D eigenvalue weighted by Crippen LogP contribution is -2.24. The molecule has 1 aromatic heterocycles. The van der Waals surface area contributed by atoms with Crippen LogP contribution < -0.4 is 10.5 Å². The Bertz CT molecular complexity index is 1040. The summed E-state index contributed by atoms with van der Waals surface area (Å²) in [5.41, 5.74) is 9.30. The van der Waals surface area contributed by atoms with Crippen LogP contribution in [0, 0.1) is 6.92 Å². The number of hydrogen-bond donors (Lipinski definition) is 1. The molecule has 6 nitrogen and oxygen atoms in total. The van der Waals surface area contributed by atoms with Crippen LogP contribution in [-0.2, 0) is 28.9 Å². The maximum absolute atomic E-state index is 12.0. The lowest BCUT2D eigenvalue weighted by Gasteiger charge is -2.19. The molecule has 2 N–H and O–H groups in total. The molecule has 32 heavy (non-hydrogen) atoms. The molecule has 0 spiro atoms. The van der Waals surface area contributed by atoms with E-state index >= 15 is 0 Å². The van der Waals surface area contributed by atoms with Gasteiger partial charge in [0.1, 0.15) is 17.1 Å². The zero-order valence-electron chi connectivity index (χ0n) is 19.3. The van der Waals surface area contributed by atoms with Gasteiger partial charge >= 0.3 is 5.97 Å². The lowest BCUT2D eigenvalue weighted by molar-refractivity contribution is -0.154. The fourth-order valence-electron chi connectivity index (χ4n) is 3.38. The second-order valence-electron chi connectivity index (χ2n) is 8.71. The van der Waals surface area contributed by atoms with Gasteiger partial charge in [-0.05, 0) is 69.5 Å². The van der Waals surface area contributed by atoms with Crippen LogP contribution in [0.3, 0.4) is 0 Å². The third-order valence-corrected chi connectivity index (χ3v) is 4.94. The Hall–Kier alpha value is -3.12. The fraction of sp³-hybridized carbons (Fsp3) is 0.385. The maximum Gasteiger partial charge on any atom is 0.306 e. The van der Waals surface area contributed by atoms with E-state index in [1.54, 1.807) is 0 Å². The highest BCUT2D eigenvalue weighted by atomic mass is 16.6. The molecule has 3 aromatic rings. The highest BCUT2D eigenvalue weighted by Crippen LogP contribution is 2.23. The molecule has 0 aliphatic carbocycles. The summed E-state index contributed by atoms with van der Waals surface area (Å²) in [5.74, 6) is 1.96. The van der Waals surface area contributed by atoms with Gasteiger partial charge in [0.2, 0.25) is 5.89 Å². The second kappa shape index (κ2) is 10.5. The Morgan fingerprint density at radius 2 is 1.81 bits per heavy atom. The van der Waals surface area contributed by atoms with Crippen molar-refractivity contribution < 1.29 is 18.7 Å². The number of ether oxygens (including phenoxy) is 2. The molecule has 0 atom stereocenters. The summed E-state index contributed by atoms with van der Waals surface area (Å²) in [5, 5.41) is 0. The number of aryl methyl sites for hydroxylation is 2. The molecule has 0 unspecified atom stereocenters. The second-order valence-corrected chi connectivity index (χ2v) is 8.71. The summed E-state index contributed by atoms with van der Waals surface area (Å²) in [6.07, 6.45) is 1.54. The van der Waals surface area contributed by atoms with E-state index in [1.165, 1.54) is 0 Å². The predicted molar refractivity (Wildman–Crippen MR) is 124 cm³/mol. The smallest absolute Gasteiger partial charge is 0.306 e. The molecule has 3 rings (SSSR count). The van der Waals surface area contributed by atoms with Crippen molar-refractivity contribution in [3.05, 3.63) is 71.1 Å². The largest absolute Gasteiger partial charge is 0.493 e. The monoisotopic (exact) mass is 436 g/mol. The minimum atomic E-state index is -0.477. The minimum absolute atomic E-state index is 0.210. The van der Waals surface area contributed by atoms with Crippen LogP contribution in [0.15, 0.2) is 52.9 Å². The Balaban J connectivity index is 1.56. The number of rotatable bonds is 9. The van der Waals surface area contributed by atoms with Crippen LogP contribution in [0.1, 0.15) is 49.8 Å². The van der Waals surface area contributed by atoms with Crippen molar-refractivity contribution in [1.82, 2.24) is 4.98 Å². The first-order chi connectivity index (χ1) is 15.2. The number of oxazole rings is 1. The lowest BCUT2D eigenvalue weighted by atomic mass is 10.0. The van der Waals surface area contributed by atoms with Crippen LogP contribution in [0.25, 0.3) is 11.5 Å². The molecular weight excluding hydrogens is 404 g/mol. The van der Waals surface area contributed by atoms with Gasteiger partial charge in [-0.2, -0.15) is 0 Å². The Kier molecular flexibility index (Phi) is 7.70. The zero-order chi connectivity index (χ0) is 23.1. The molecule has 0 saturated heterocycles. The molecule has 2 aromatic carbocycles. The van der Waals surface area contributed by atoms with Crippen LogP contribution in [0.5, 0.6) is 5.75 Å².